The average molecular weight is 494 g/mol. The lowest BCUT2D eigenvalue weighted by Gasteiger charge is -2.25. The molecule has 1 amide bonds. The highest BCUT2D eigenvalue weighted by molar-refractivity contribution is 6.46. The number of rotatable bonds is 4. The van der Waals surface area contributed by atoms with Gasteiger partial charge in [0.05, 0.1) is 21.7 Å². The van der Waals surface area contributed by atoms with Gasteiger partial charge in [0, 0.05) is 18.5 Å². The minimum Gasteiger partial charge on any atom is -0.507 e. The highest BCUT2D eigenvalue weighted by Crippen LogP contribution is 2.42. The van der Waals surface area contributed by atoms with Crippen LogP contribution in [0.25, 0.3) is 5.76 Å². The van der Waals surface area contributed by atoms with E-state index in [4.69, 9.17) is 27.9 Å². The summed E-state index contributed by atoms with van der Waals surface area (Å²) in [5.74, 6) is -0.892. The Morgan fingerprint density at radius 2 is 1.79 bits per heavy atom. The van der Waals surface area contributed by atoms with Crippen molar-refractivity contribution in [2.24, 2.45) is 0 Å². The van der Waals surface area contributed by atoms with Crippen molar-refractivity contribution in [2.75, 3.05) is 0 Å². The molecule has 3 aromatic rings. The highest BCUT2D eigenvalue weighted by atomic mass is 35.5. The van der Waals surface area contributed by atoms with E-state index in [1.165, 1.54) is 4.90 Å². The number of carbonyl (C=O) groups is 2. The lowest BCUT2D eigenvalue weighted by Crippen LogP contribution is -2.29. The molecule has 2 aliphatic heterocycles. The number of benzene rings is 3. The zero-order valence-electron chi connectivity index (χ0n) is 18.3. The normalized spacial score (nSPS) is 21.0. The summed E-state index contributed by atoms with van der Waals surface area (Å²) in [6.07, 6.45) is 0.745. The van der Waals surface area contributed by atoms with Crippen LogP contribution in [0.3, 0.4) is 0 Å². The zero-order valence-corrected chi connectivity index (χ0v) is 19.8. The van der Waals surface area contributed by atoms with Gasteiger partial charge >= 0.3 is 0 Å². The first-order valence-corrected chi connectivity index (χ1v) is 11.7. The molecule has 2 atom stereocenters. The fourth-order valence-corrected chi connectivity index (χ4v) is 4.88. The zero-order chi connectivity index (χ0) is 24.0. The van der Waals surface area contributed by atoms with E-state index in [2.05, 4.69) is 0 Å². The number of ether oxygens (including phenoxy) is 1. The van der Waals surface area contributed by atoms with Gasteiger partial charge in [-0.3, -0.25) is 9.59 Å². The molecule has 0 unspecified atom stereocenters. The molecule has 1 N–H and O–H groups in total. The molecule has 0 spiro atoms. The number of nitrogens with zero attached hydrogens (tertiary/aromatic N) is 1. The molecule has 0 aromatic heterocycles. The highest BCUT2D eigenvalue weighted by Gasteiger charge is 2.46. The fraction of sp³-hybridized carbons (Fsp3) is 0.185. The molecule has 1 fully saturated rings. The van der Waals surface area contributed by atoms with Gasteiger partial charge in [-0.05, 0) is 53.9 Å². The molecular weight excluding hydrogens is 473 g/mol. The summed E-state index contributed by atoms with van der Waals surface area (Å²) in [6.45, 7) is 2.17. The number of halogens is 2. The molecule has 3 aromatic carbocycles. The number of hydrogen-bond acceptors (Lipinski definition) is 4. The Kier molecular flexibility index (Phi) is 5.84. The lowest BCUT2D eigenvalue weighted by atomic mass is 9.94. The van der Waals surface area contributed by atoms with Crippen LogP contribution in [-0.2, 0) is 22.6 Å². The van der Waals surface area contributed by atoms with Gasteiger partial charge in [-0.15, -0.1) is 0 Å². The summed E-state index contributed by atoms with van der Waals surface area (Å²) >= 11 is 12.4. The Morgan fingerprint density at radius 1 is 1.03 bits per heavy atom. The second-order valence-corrected chi connectivity index (χ2v) is 9.36. The molecule has 7 heteroatoms. The minimum absolute atomic E-state index is 0.0197. The van der Waals surface area contributed by atoms with Crippen LogP contribution in [0, 0.1) is 0 Å². The van der Waals surface area contributed by atoms with Gasteiger partial charge in [-0.1, -0.05) is 59.6 Å². The summed E-state index contributed by atoms with van der Waals surface area (Å²) in [5.41, 5.74) is 2.87. The summed E-state index contributed by atoms with van der Waals surface area (Å²) in [7, 11) is 0. The van der Waals surface area contributed by atoms with Gasteiger partial charge in [0.1, 0.15) is 17.6 Å². The lowest BCUT2D eigenvalue weighted by molar-refractivity contribution is -0.140. The van der Waals surface area contributed by atoms with E-state index in [0.29, 0.717) is 27.6 Å². The number of aliphatic hydroxyl groups excluding tert-OH is 1. The number of ketones is 1. The molecule has 0 radical (unpaired) electrons. The number of fused-ring (bicyclic) bond motifs is 1. The predicted octanol–water partition coefficient (Wildman–Crippen LogP) is 5.94. The topological polar surface area (TPSA) is 66.8 Å². The van der Waals surface area contributed by atoms with Gasteiger partial charge < -0.3 is 14.7 Å². The monoisotopic (exact) mass is 493 g/mol. The maximum Gasteiger partial charge on any atom is 0.295 e. The molecule has 0 aliphatic carbocycles. The smallest absolute Gasteiger partial charge is 0.295 e. The standard InChI is InChI=1S/C27H21Cl2NO4/c1-15-11-19-12-18(8-10-22(19)34-15)25(31)23-24(17-7-9-20(28)21(29)13-17)30(27(33)26(23)32)14-16-5-3-2-4-6-16/h2-10,12-13,15,24,31H,11,14H2,1H3/b25-23+/t15-,24-/m1/s1. The van der Waals surface area contributed by atoms with E-state index >= 15 is 0 Å². The average Bonchev–Trinajstić information content (AvgIpc) is 3.32. The van der Waals surface area contributed by atoms with Crippen LogP contribution >= 0.6 is 23.2 Å². The van der Waals surface area contributed by atoms with Crippen LogP contribution in [0.1, 0.15) is 35.2 Å². The Hall–Kier alpha value is -3.28. The largest absolute Gasteiger partial charge is 0.507 e. The van der Waals surface area contributed by atoms with E-state index < -0.39 is 17.7 Å². The predicted molar refractivity (Wildman–Crippen MR) is 131 cm³/mol. The van der Waals surface area contributed by atoms with Crippen molar-refractivity contribution < 1.29 is 19.4 Å². The first kappa shape index (κ1) is 22.5. The van der Waals surface area contributed by atoms with E-state index in [9.17, 15) is 14.7 Å². The Bertz CT molecular complexity index is 1340. The van der Waals surface area contributed by atoms with E-state index in [1.807, 2.05) is 43.3 Å². The van der Waals surface area contributed by atoms with Crippen LogP contribution in [0.2, 0.25) is 10.0 Å². The Balaban J connectivity index is 1.65. The molecule has 5 rings (SSSR count). The summed E-state index contributed by atoms with van der Waals surface area (Å²) in [4.78, 5) is 27.9. The number of likely N-dealkylation sites (tertiary alicyclic amines) is 1. The number of hydrogen-bond donors (Lipinski definition) is 1. The second kappa shape index (κ2) is 8.82. The summed E-state index contributed by atoms with van der Waals surface area (Å²) in [6, 6.07) is 18.8. The van der Waals surface area contributed by atoms with E-state index in [0.717, 1.165) is 16.9 Å². The maximum absolute atomic E-state index is 13.2. The van der Waals surface area contributed by atoms with Crippen LogP contribution < -0.4 is 4.74 Å². The van der Waals surface area contributed by atoms with E-state index in [1.54, 1.807) is 30.3 Å². The third kappa shape index (κ3) is 3.95. The van der Waals surface area contributed by atoms with Gasteiger partial charge in [-0.25, -0.2) is 0 Å². The molecule has 0 bridgehead atoms. The molecule has 5 nitrogen and oxygen atoms in total. The van der Waals surface area contributed by atoms with Crippen molar-refractivity contribution >= 4 is 40.7 Å². The number of carbonyl (C=O) groups excluding carboxylic acids is 2. The van der Waals surface area contributed by atoms with Crippen LogP contribution in [0.4, 0.5) is 0 Å². The van der Waals surface area contributed by atoms with Crippen LogP contribution in [0.15, 0.2) is 72.3 Å². The molecule has 2 aliphatic rings. The minimum atomic E-state index is -0.821. The molecule has 1 saturated heterocycles. The van der Waals surface area contributed by atoms with Crippen LogP contribution in [0.5, 0.6) is 5.75 Å². The summed E-state index contributed by atoms with van der Waals surface area (Å²) in [5, 5.41) is 12.0. The Labute approximate surface area is 207 Å². The van der Waals surface area contributed by atoms with Gasteiger partial charge in [0.25, 0.3) is 11.7 Å². The van der Waals surface area contributed by atoms with Crippen molar-refractivity contribution in [1.29, 1.82) is 0 Å². The van der Waals surface area contributed by atoms with Crippen molar-refractivity contribution in [1.82, 2.24) is 4.90 Å². The van der Waals surface area contributed by atoms with Gasteiger partial charge in [0.15, 0.2) is 0 Å². The van der Waals surface area contributed by atoms with Crippen molar-refractivity contribution in [3.05, 3.63) is 105 Å². The van der Waals surface area contributed by atoms with Crippen LogP contribution in [-0.4, -0.2) is 27.8 Å². The third-order valence-corrected chi connectivity index (χ3v) is 6.90. The van der Waals surface area contributed by atoms with Gasteiger partial charge in [-0.2, -0.15) is 0 Å². The number of amides is 1. The maximum atomic E-state index is 13.2. The third-order valence-electron chi connectivity index (χ3n) is 6.16. The SMILES string of the molecule is C[C@@H]1Cc2cc(/C(O)=C3\C(=O)C(=O)N(Cc4ccccc4)[C@@H]3c3ccc(Cl)c(Cl)c3)ccc2O1. The molecule has 0 saturated carbocycles. The van der Waals surface area contributed by atoms with E-state index in [-0.39, 0.29) is 24.0 Å². The quantitative estimate of drug-likeness (QED) is 0.277. The Morgan fingerprint density at radius 3 is 2.53 bits per heavy atom. The fourth-order valence-electron chi connectivity index (χ4n) is 4.58. The van der Waals surface area contributed by atoms with Crippen molar-refractivity contribution in [3.8, 4) is 5.75 Å². The number of Topliss-reactive ketones (excluding diaryl/α,β-unsaturated/α-hetero) is 1. The number of aliphatic hydroxyl groups is 1. The molecule has 172 valence electrons. The molecular formula is C27H21Cl2NO4. The van der Waals surface area contributed by atoms with Crippen molar-refractivity contribution in [3.63, 3.8) is 0 Å². The van der Waals surface area contributed by atoms with Crippen molar-refractivity contribution in [2.45, 2.75) is 32.0 Å². The van der Waals surface area contributed by atoms with Gasteiger partial charge in [0.2, 0.25) is 0 Å². The second-order valence-electron chi connectivity index (χ2n) is 8.54. The first-order valence-electron chi connectivity index (χ1n) is 10.9. The molecule has 34 heavy (non-hydrogen) atoms. The molecule has 2 heterocycles. The summed E-state index contributed by atoms with van der Waals surface area (Å²) < 4.78 is 5.75. The first-order chi connectivity index (χ1) is 16.3.